The van der Waals surface area contributed by atoms with Gasteiger partial charge in [-0.3, -0.25) is 4.79 Å². The van der Waals surface area contributed by atoms with E-state index in [0.29, 0.717) is 11.1 Å². The van der Waals surface area contributed by atoms with E-state index in [9.17, 15) is 23.5 Å². The van der Waals surface area contributed by atoms with Crippen LogP contribution in [0.2, 0.25) is 0 Å². The number of primary amides is 1. The Morgan fingerprint density at radius 1 is 1.05 bits per heavy atom. The molecule has 0 fully saturated rings. The van der Waals surface area contributed by atoms with Crippen LogP contribution in [0.1, 0.15) is 53.6 Å². The number of hydrogen-bond acceptors (Lipinski definition) is 4. The lowest BCUT2D eigenvalue weighted by Gasteiger charge is -2.35. The number of pyridine rings is 1. The van der Waals surface area contributed by atoms with Gasteiger partial charge in [-0.25, -0.2) is 9.78 Å². The SMILES string of the molecule is Cc1cc2ccn(C(Cc3ccc(C(C)(C)C)cc3)(C(N)=O)c3cccc(OC(F)F)c3)c2c(C(=O)O)n1. The van der Waals surface area contributed by atoms with E-state index < -0.39 is 24.0 Å². The minimum atomic E-state index is -3.07. The standard InChI is InChI=1S/C29H29F2N3O4/c1-17-14-19-12-13-34(24(19)23(33-17)25(35)36)29(26(32)37,21-6-5-7-22(15-21)38-27(30)31)16-18-8-10-20(11-9-18)28(2,3)4/h5-15,27H,16H2,1-4H3,(H2,32,37)(H,35,36). The summed E-state index contributed by atoms with van der Waals surface area (Å²) in [6.45, 7) is 4.85. The molecule has 4 aromatic rings. The number of nitrogens with zero attached hydrogens (tertiary/aromatic N) is 2. The number of aromatic nitrogens is 2. The predicted octanol–water partition coefficient (Wildman–Crippen LogP) is 5.41. The summed E-state index contributed by atoms with van der Waals surface area (Å²) < 4.78 is 32.2. The lowest BCUT2D eigenvalue weighted by Crippen LogP contribution is -2.49. The van der Waals surface area contributed by atoms with Gasteiger partial charge < -0.3 is 20.1 Å². The zero-order valence-electron chi connectivity index (χ0n) is 21.5. The molecule has 2 aromatic heterocycles. The van der Waals surface area contributed by atoms with Gasteiger partial charge in [-0.2, -0.15) is 8.78 Å². The first-order valence-corrected chi connectivity index (χ1v) is 12.0. The second-order valence-corrected chi connectivity index (χ2v) is 10.3. The number of fused-ring (bicyclic) bond motifs is 1. The van der Waals surface area contributed by atoms with Crippen molar-refractivity contribution >= 4 is 22.8 Å². The van der Waals surface area contributed by atoms with Gasteiger partial charge in [-0.1, -0.05) is 57.2 Å². The first kappa shape index (κ1) is 26.8. The second-order valence-electron chi connectivity index (χ2n) is 10.3. The molecule has 9 heteroatoms. The molecule has 3 N–H and O–H groups in total. The minimum Gasteiger partial charge on any atom is -0.476 e. The number of carboxylic acids is 1. The number of benzene rings is 2. The second kappa shape index (κ2) is 9.89. The van der Waals surface area contributed by atoms with Crippen molar-refractivity contribution in [3.63, 3.8) is 0 Å². The number of halogens is 2. The Labute approximate surface area is 218 Å². The van der Waals surface area contributed by atoms with Crippen molar-refractivity contribution in [2.24, 2.45) is 5.73 Å². The number of carbonyl (C=O) groups excluding carboxylic acids is 1. The average molecular weight is 522 g/mol. The van der Waals surface area contributed by atoms with Crippen LogP contribution in [0.4, 0.5) is 8.78 Å². The van der Waals surface area contributed by atoms with Crippen molar-refractivity contribution in [1.82, 2.24) is 9.55 Å². The van der Waals surface area contributed by atoms with Crippen LogP contribution in [-0.4, -0.2) is 33.1 Å². The van der Waals surface area contributed by atoms with E-state index in [4.69, 9.17) is 5.73 Å². The molecule has 0 radical (unpaired) electrons. The Morgan fingerprint density at radius 2 is 1.74 bits per heavy atom. The van der Waals surface area contributed by atoms with Crippen LogP contribution in [0.25, 0.3) is 10.9 Å². The van der Waals surface area contributed by atoms with Gasteiger partial charge in [0.25, 0.3) is 0 Å². The van der Waals surface area contributed by atoms with Gasteiger partial charge >= 0.3 is 12.6 Å². The Balaban J connectivity index is 2.02. The molecule has 0 aliphatic heterocycles. The first-order chi connectivity index (χ1) is 17.8. The van der Waals surface area contributed by atoms with Gasteiger partial charge in [-0.15, -0.1) is 0 Å². The fourth-order valence-corrected chi connectivity index (χ4v) is 4.79. The van der Waals surface area contributed by atoms with E-state index in [1.165, 1.54) is 22.8 Å². The summed E-state index contributed by atoms with van der Waals surface area (Å²) in [7, 11) is 0. The van der Waals surface area contributed by atoms with Gasteiger partial charge in [-0.05, 0) is 53.3 Å². The Bertz CT molecular complexity index is 1510. The van der Waals surface area contributed by atoms with Crippen LogP contribution in [-0.2, 0) is 22.2 Å². The van der Waals surface area contributed by atoms with Crippen LogP contribution in [0, 0.1) is 6.92 Å². The number of carboxylic acid groups (broad SMARTS) is 1. The third-order valence-electron chi connectivity index (χ3n) is 6.63. The highest BCUT2D eigenvalue weighted by Crippen LogP contribution is 2.37. The smallest absolute Gasteiger partial charge is 0.387 e. The normalized spacial score (nSPS) is 13.4. The molecule has 0 saturated heterocycles. The Kier molecular flexibility index (Phi) is 6.97. The lowest BCUT2D eigenvalue weighted by atomic mass is 9.81. The number of hydrogen-bond donors (Lipinski definition) is 2. The number of carbonyl (C=O) groups is 2. The fraction of sp³-hybridized carbons (Fsp3) is 0.276. The van der Waals surface area contributed by atoms with Crippen LogP contribution < -0.4 is 10.5 Å². The molecule has 2 aromatic carbocycles. The van der Waals surface area contributed by atoms with Crippen molar-refractivity contribution in [1.29, 1.82) is 0 Å². The van der Waals surface area contributed by atoms with E-state index >= 15 is 0 Å². The van der Waals surface area contributed by atoms with Gasteiger partial charge in [0.15, 0.2) is 11.2 Å². The van der Waals surface area contributed by atoms with Crippen molar-refractivity contribution < 1.29 is 28.2 Å². The van der Waals surface area contributed by atoms with E-state index in [2.05, 4.69) is 30.5 Å². The summed E-state index contributed by atoms with van der Waals surface area (Å²) in [5, 5.41) is 10.5. The molecule has 0 aliphatic carbocycles. The summed E-state index contributed by atoms with van der Waals surface area (Å²) in [6.07, 6.45) is 1.59. The summed E-state index contributed by atoms with van der Waals surface area (Å²) in [5.41, 5.74) is 6.82. The molecule has 0 spiro atoms. The van der Waals surface area contributed by atoms with E-state index in [-0.39, 0.29) is 34.4 Å². The average Bonchev–Trinajstić information content (AvgIpc) is 3.25. The number of amides is 1. The molecule has 7 nitrogen and oxygen atoms in total. The lowest BCUT2D eigenvalue weighted by molar-refractivity contribution is -0.124. The van der Waals surface area contributed by atoms with E-state index in [1.54, 1.807) is 31.3 Å². The first-order valence-electron chi connectivity index (χ1n) is 12.0. The molecule has 38 heavy (non-hydrogen) atoms. The van der Waals surface area contributed by atoms with E-state index in [1.807, 2.05) is 24.3 Å². The number of aryl methyl sites for hydroxylation is 1. The summed E-state index contributed by atoms with van der Waals surface area (Å²) in [4.78, 5) is 29.9. The number of aromatic carboxylic acids is 1. The number of ether oxygens (including phenoxy) is 1. The molecule has 1 unspecified atom stereocenters. The van der Waals surface area contributed by atoms with Crippen LogP contribution in [0.5, 0.6) is 5.75 Å². The highest BCUT2D eigenvalue weighted by molar-refractivity contribution is 6.02. The van der Waals surface area contributed by atoms with Crippen molar-refractivity contribution in [3.05, 3.63) is 94.9 Å². The van der Waals surface area contributed by atoms with Crippen LogP contribution in [0.3, 0.4) is 0 Å². The molecule has 0 bridgehead atoms. The largest absolute Gasteiger partial charge is 0.476 e. The molecule has 198 valence electrons. The monoisotopic (exact) mass is 521 g/mol. The minimum absolute atomic E-state index is 0.0155. The molecular weight excluding hydrogens is 492 g/mol. The summed E-state index contributed by atoms with van der Waals surface area (Å²) in [5.74, 6) is -2.24. The van der Waals surface area contributed by atoms with Gasteiger partial charge in [0.05, 0.1) is 5.52 Å². The maximum absolute atomic E-state index is 13.5. The topological polar surface area (TPSA) is 107 Å². The number of nitrogens with two attached hydrogens (primary N) is 1. The van der Waals surface area contributed by atoms with Crippen LogP contribution >= 0.6 is 0 Å². The molecule has 0 saturated carbocycles. The van der Waals surface area contributed by atoms with E-state index in [0.717, 1.165) is 11.1 Å². The highest BCUT2D eigenvalue weighted by Gasteiger charge is 2.43. The highest BCUT2D eigenvalue weighted by atomic mass is 19.3. The number of alkyl halides is 2. The predicted molar refractivity (Wildman–Crippen MR) is 140 cm³/mol. The van der Waals surface area contributed by atoms with Gasteiger partial charge in [0.1, 0.15) is 5.75 Å². The van der Waals surface area contributed by atoms with Crippen molar-refractivity contribution in [3.8, 4) is 5.75 Å². The third-order valence-corrected chi connectivity index (χ3v) is 6.63. The summed E-state index contributed by atoms with van der Waals surface area (Å²) in [6, 6.07) is 16.8. The fourth-order valence-electron chi connectivity index (χ4n) is 4.79. The van der Waals surface area contributed by atoms with Crippen molar-refractivity contribution in [2.75, 3.05) is 0 Å². The molecule has 0 aliphatic rings. The number of rotatable bonds is 8. The Hall–Kier alpha value is -4.27. The molecule has 2 heterocycles. The van der Waals surface area contributed by atoms with Crippen molar-refractivity contribution in [2.45, 2.75) is 51.7 Å². The quantitative estimate of drug-likeness (QED) is 0.322. The van der Waals surface area contributed by atoms with Gasteiger partial charge in [0, 0.05) is 23.7 Å². The molecule has 1 amide bonds. The third kappa shape index (κ3) is 4.96. The van der Waals surface area contributed by atoms with Gasteiger partial charge in [0.2, 0.25) is 5.91 Å². The maximum Gasteiger partial charge on any atom is 0.387 e. The van der Waals surface area contributed by atoms with Crippen LogP contribution in [0.15, 0.2) is 66.9 Å². The molecule has 1 atom stereocenters. The maximum atomic E-state index is 13.5. The Morgan fingerprint density at radius 3 is 2.32 bits per heavy atom. The zero-order valence-corrected chi connectivity index (χ0v) is 21.5. The zero-order chi connectivity index (χ0) is 27.8. The summed E-state index contributed by atoms with van der Waals surface area (Å²) >= 11 is 0. The molecular formula is C29H29F2N3O4. The molecule has 4 rings (SSSR count).